The van der Waals surface area contributed by atoms with Crippen LogP contribution in [0.1, 0.15) is 30.1 Å². The predicted molar refractivity (Wildman–Crippen MR) is 92.8 cm³/mol. The summed E-state index contributed by atoms with van der Waals surface area (Å²) >= 11 is 0. The quantitative estimate of drug-likeness (QED) is 0.885. The summed E-state index contributed by atoms with van der Waals surface area (Å²) in [4.78, 5) is 17.2. The van der Waals surface area contributed by atoms with Crippen molar-refractivity contribution in [3.8, 4) is 5.75 Å². The molecular weight excluding hydrogens is 302 g/mol. The van der Waals surface area contributed by atoms with Crippen LogP contribution in [0.3, 0.4) is 0 Å². The third kappa shape index (κ3) is 3.74. The van der Waals surface area contributed by atoms with Crippen LogP contribution < -0.4 is 15.4 Å². The number of nitrogens with zero attached hydrogens (tertiary/aromatic N) is 1. The first-order valence-corrected chi connectivity index (χ1v) is 8.34. The maximum Gasteiger partial charge on any atom is 0.224 e. The average molecular weight is 325 g/mol. The minimum absolute atomic E-state index is 0.0483. The molecule has 0 aliphatic carbocycles. The molecule has 0 spiro atoms. The number of para-hydroxylation sites is 1. The number of amides is 1. The molecule has 1 unspecified atom stereocenters. The van der Waals surface area contributed by atoms with Gasteiger partial charge in [0.15, 0.2) is 0 Å². The van der Waals surface area contributed by atoms with Crippen LogP contribution in [-0.2, 0) is 4.79 Å². The first kappa shape index (κ1) is 16.5. The molecule has 1 aromatic heterocycles. The van der Waals surface area contributed by atoms with E-state index in [4.69, 9.17) is 4.74 Å². The van der Waals surface area contributed by atoms with E-state index in [0.717, 1.165) is 42.9 Å². The number of ether oxygens (including phenoxy) is 1. The minimum atomic E-state index is -0.315. The molecule has 0 radical (unpaired) electrons. The molecule has 1 aliphatic heterocycles. The van der Waals surface area contributed by atoms with Gasteiger partial charge in [0.1, 0.15) is 5.75 Å². The lowest BCUT2D eigenvalue weighted by Gasteiger charge is -2.26. The Morgan fingerprint density at radius 2 is 1.96 bits per heavy atom. The monoisotopic (exact) mass is 325 g/mol. The third-order valence-corrected chi connectivity index (χ3v) is 4.43. The smallest absolute Gasteiger partial charge is 0.224 e. The van der Waals surface area contributed by atoms with E-state index in [9.17, 15) is 4.79 Å². The Bertz CT molecular complexity index is 669. The fraction of sp³-hybridized carbons (Fsp3) is 0.368. The number of hydrogen-bond acceptors (Lipinski definition) is 4. The standard InChI is InChI=1S/C19H23N3O2/c1-24-17-8-3-2-6-15(17)18(16-7-4-5-11-21-16)22-19(23)14-9-12-20-13-10-14/h2-8,11,14,18,20H,9-10,12-13H2,1H3,(H,22,23). The number of hydrogen-bond donors (Lipinski definition) is 2. The van der Waals surface area contributed by atoms with Gasteiger partial charge in [0.05, 0.1) is 18.8 Å². The van der Waals surface area contributed by atoms with Crippen LogP contribution in [0.2, 0.25) is 0 Å². The van der Waals surface area contributed by atoms with E-state index in [0.29, 0.717) is 0 Å². The van der Waals surface area contributed by atoms with Gasteiger partial charge in [-0.3, -0.25) is 9.78 Å². The summed E-state index contributed by atoms with van der Waals surface area (Å²) < 4.78 is 5.49. The van der Waals surface area contributed by atoms with Gasteiger partial charge in [0.25, 0.3) is 0 Å². The number of piperidine rings is 1. The van der Waals surface area contributed by atoms with Crippen molar-refractivity contribution in [3.63, 3.8) is 0 Å². The molecule has 1 atom stereocenters. The zero-order chi connectivity index (χ0) is 16.8. The van der Waals surface area contributed by atoms with Gasteiger partial charge in [0.2, 0.25) is 5.91 Å². The summed E-state index contributed by atoms with van der Waals surface area (Å²) in [5, 5.41) is 6.48. The molecule has 3 rings (SSSR count). The van der Waals surface area contributed by atoms with E-state index >= 15 is 0 Å². The van der Waals surface area contributed by atoms with Crippen molar-refractivity contribution in [2.45, 2.75) is 18.9 Å². The van der Waals surface area contributed by atoms with Crippen LogP contribution in [-0.4, -0.2) is 31.1 Å². The van der Waals surface area contributed by atoms with Gasteiger partial charge < -0.3 is 15.4 Å². The minimum Gasteiger partial charge on any atom is -0.496 e. The largest absolute Gasteiger partial charge is 0.496 e. The summed E-state index contributed by atoms with van der Waals surface area (Å²) in [6.07, 6.45) is 3.48. The molecule has 1 saturated heterocycles. The van der Waals surface area contributed by atoms with Crippen LogP contribution in [0.4, 0.5) is 0 Å². The lowest BCUT2D eigenvalue weighted by atomic mass is 9.95. The summed E-state index contributed by atoms with van der Waals surface area (Å²) in [7, 11) is 1.64. The molecular formula is C19H23N3O2. The Morgan fingerprint density at radius 3 is 2.67 bits per heavy atom. The second-order valence-electron chi connectivity index (χ2n) is 5.96. The summed E-state index contributed by atoms with van der Waals surface area (Å²) in [5.41, 5.74) is 1.73. The van der Waals surface area contributed by atoms with E-state index in [1.54, 1.807) is 13.3 Å². The zero-order valence-corrected chi connectivity index (χ0v) is 13.9. The molecule has 2 heterocycles. The van der Waals surface area contributed by atoms with Gasteiger partial charge in [-0.05, 0) is 44.1 Å². The summed E-state index contributed by atoms with van der Waals surface area (Å²) in [5.74, 6) is 0.879. The molecule has 1 fully saturated rings. The molecule has 126 valence electrons. The van der Waals surface area contributed by atoms with E-state index in [-0.39, 0.29) is 17.9 Å². The topological polar surface area (TPSA) is 63.2 Å². The van der Waals surface area contributed by atoms with Gasteiger partial charge in [-0.1, -0.05) is 24.3 Å². The number of nitrogens with one attached hydrogen (secondary N) is 2. The fourth-order valence-corrected chi connectivity index (χ4v) is 3.11. The summed E-state index contributed by atoms with van der Waals surface area (Å²) in [6, 6.07) is 13.2. The highest BCUT2D eigenvalue weighted by Crippen LogP contribution is 2.29. The van der Waals surface area contributed by atoms with E-state index in [1.807, 2.05) is 42.5 Å². The molecule has 5 heteroatoms. The second kappa shape index (κ2) is 7.93. The molecule has 0 bridgehead atoms. The Hall–Kier alpha value is -2.40. The predicted octanol–water partition coefficient (Wildman–Crippen LogP) is 2.30. The zero-order valence-electron chi connectivity index (χ0n) is 13.9. The van der Waals surface area contributed by atoms with Crippen LogP contribution >= 0.6 is 0 Å². The maximum atomic E-state index is 12.7. The van der Waals surface area contributed by atoms with Crippen molar-refractivity contribution in [3.05, 3.63) is 59.9 Å². The van der Waals surface area contributed by atoms with Crippen molar-refractivity contribution in [2.24, 2.45) is 5.92 Å². The highest BCUT2D eigenvalue weighted by molar-refractivity contribution is 5.79. The second-order valence-corrected chi connectivity index (χ2v) is 5.96. The Balaban J connectivity index is 1.89. The number of benzene rings is 1. The molecule has 1 aromatic carbocycles. The number of carbonyl (C=O) groups excluding carboxylic acids is 1. The first-order valence-electron chi connectivity index (χ1n) is 8.34. The molecule has 0 saturated carbocycles. The molecule has 24 heavy (non-hydrogen) atoms. The van der Waals surface area contributed by atoms with Crippen LogP contribution in [0.15, 0.2) is 48.7 Å². The van der Waals surface area contributed by atoms with Gasteiger partial charge in [-0.25, -0.2) is 0 Å². The highest BCUT2D eigenvalue weighted by Gasteiger charge is 2.26. The Labute approximate surface area is 142 Å². The number of methoxy groups -OCH3 is 1. The van der Waals surface area contributed by atoms with Gasteiger partial charge in [-0.2, -0.15) is 0 Å². The van der Waals surface area contributed by atoms with Gasteiger partial charge in [0, 0.05) is 17.7 Å². The van der Waals surface area contributed by atoms with Crippen LogP contribution in [0.5, 0.6) is 5.75 Å². The first-order chi connectivity index (χ1) is 11.8. The van der Waals surface area contributed by atoms with Crippen molar-refractivity contribution in [2.75, 3.05) is 20.2 Å². The van der Waals surface area contributed by atoms with Crippen LogP contribution in [0, 0.1) is 5.92 Å². The number of rotatable bonds is 5. The number of aromatic nitrogens is 1. The molecule has 5 nitrogen and oxygen atoms in total. The molecule has 1 amide bonds. The van der Waals surface area contributed by atoms with E-state index in [2.05, 4.69) is 15.6 Å². The average Bonchev–Trinajstić information content (AvgIpc) is 2.67. The third-order valence-electron chi connectivity index (χ3n) is 4.43. The van der Waals surface area contributed by atoms with E-state index < -0.39 is 0 Å². The summed E-state index contributed by atoms with van der Waals surface area (Å²) in [6.45, 7) is 1.78. The normalized spacial score (nSPS) is 16.4. The Morgan fingerprint density at radius 1 is 1.21 bits per heavy atom. The van der Waals surface area contributed by atoms with E-state index in [1.165, 1.54) is 0 Å². The lowest BCUT2D eigenvalue weighted by molar-refractivity contribution is -0.126. The van der Waals surface area contributed by atoms with Crippen molar-refractivity contribution in [1.29, 1.82) is 0 Å². The number of pyridine rings is 1. The maximum absolute atomic E-state index is 12.7. The van der Waals surface area contributed by atoms with Crippen molar-refractivity contribution in [1.82, 2.24) is 15.6 Å². The Kier molecular flexibility index (Phi) is 5.43. The number of carbonyl (C=O) groups is 1. The molecule has 2 N–H and O–H groups in total. The highest BCUT2D eigenvalue weighted by atomic mass is 16.5. The SMILES string of the molecule is COc1ccccc1C(NC(=O)C1CCNCC1)c1ccccn1. The molecule has 1 aliphatic rings. The van der Waals surface area contributed by atoms with Crippen LogP contribution in [0.25, 0.3) is 0 Å². The van der Waals surface area contributed by atoms with Crippen molar-refractivity contribution >= 4 is 5.91 Å². The molecule has 2 aromatic rings. The van der Waals surface area contributed by atoms with Gasteiger partial charge >= 0.3 is 0 Å². The van der Waals surface area contributed by atoms with Gasteiger partial charge in [-0.15, -0.1) is 0 Å². The lowest BCUT2D eigenvalue weighted by Crippen LogP contribution is -2.40. The van der Waals surface area contributed by atoms with Crippen molar-refractivity contribution < 1.29 is 9.53 Å². The fourth-order valence-electron chi connectivity index (χ4n) is 3.11.